The van der Waals surface area contributed by atoms with Gasteiger partial charge < -0.3 is 18.7 Å². The lowest BCUT2D eigenvalue weighted by molar-refractivity contribution is 0.0924. The lowest BCUT2D eigenvalue weighted by Gasteiger charge is -2.04. The number of furan rings is 2. The fourth-order valence-corrected chi connectivity index (χ4v) is 2.45. The maximum atomic E-state index is 11.8. The third kappa shape index (κ3) is 2.52. The van der Waals surface area contributed by atoms with Gasteiger partial charge in [-0.3, -0.25) is 4.79 Å². The van der Waals surface area contributed by atoms with Crippen molar-refractivity contribution in [3.63, 3.8) is 0 Å². The first-order valence-corrected chi connectivity index (χ1v) is 7.21. The molecule has 0 saturated carbocycles. The lowest BCUT2D eigenvalue weighted by atomic mass is 10.3. The molecule has 4 heterocycles. The van der Waals surface area contributed by atoms with Crippen molar-refractivity contribution in [1.82, 2.24) is 19.5 Å². The standard InChI is InChI=1S/C16H14N4O3/c21-16(14-4-2-10-23-14)17-5-6-19-7-8-20-15(19)11-12(18-20)13-3-1-9-22-13/h1-4,7-11H,5-6H2,(H,17,21). The van der Waals surface area contributed by atoms with Gasteiger partial charge in [0.1, 0.15) is 11.3 Å². The molecule has 1 N–H and O–H groups in total. The Morgan fingerprint density at radius 2 is 2.04 bits per heavy atom. The van der Waals surface area contributed by atoms with Crippen LogP contribution in [0.1, 0.15) is 10.6 Å². The van der Waals surface area contributed by atoms with Crippen molar-refractivity contribution in [2.24, 2.45) is 0 Å². The van der Waals surface area contributed by atoms with Crippen molar-refractivity contribution in [1.29, 1.82) is 0 Å². The van der Waals surface area contributed by atoms with E-state index in [1.807, 2.05) is 35.2 Å². The summed E-state index contributed by atoms with van der Waals surface area (Å²) in [5.41, 5.74) is 1.71. The largest absolute Gasteiger partial charge is 0.463 e. The molecule has 23 heavy (non-hydrogen) atoms. The molecule has 1 amide bonds. The van der Waals surface area contributed by atoms with Crippen LogP contribution in [-0.2, 0) is 6.54 Å². The molecule has 0 aromatic carbocycles. The second kappa shape index (κ2) is 5.53. The predicted molar refractivity (Wildman–Crippen MR) is 81.9 cm³/mol. The highest BCUT2D eigenvalue weighted by atomic mass is 16.3. The summed E-state index contributed by atoms with van der Waals surface area (Å²) in [7, 11) is 0. The number of fused-ring (bicyclic) bond motifs is 1. The van der Waals surface area contributed by atoms with Gasteiger partial charge in [-0.1, -0.05) is 0 Å². The number of nitrogens with zero attached hydrogens (tertiary/aromatic N) is 3. The number of carbonyl (C=O) groups is 1. The van der Waals surface area contributed by atoms with Crippen LogP contribution in [0.3, 0.4) is 0 Å². The van der Waals surface area contributed by atoms with Gasteiger partial charge in [0.05, 0.1) is 12.5 Å². The van der Waals surface area contributed by atoms with E-state index < -0.39 is 0 Å². The zero-order valence-electron chi connectivity index (χ0n) is 12.2. The van der Waals surface area contributed by atoms with Gasteiger partial charge in [-0.25, -0.2) is 4.52 Å². The summed E-state index contributed by atoms with van der Waals surface area (Å²) >= 11 is 0. The summed E-state index contributed by atoms with van der Waals surface area (Å²) in [5, 5.41) is 7.28. The van der Waals surface area contributed by atoms with Gasteiger partial charge in [0.15, 0.2) is 11.5 Å². The molecule has 116 valence electrons. The van der Waals surface area contributed by atoms with E-state index in [-0.39, 0.29) is 5.91 Å². The smallest absolute Gasteiger partial charge is 0.287 e. The molecular formula is C16H14N4O3. The van der Waals surface area contributed by atoms with Gasteiger partial charge in [0.25, 0.3) is 5.91 Å². The van der Waals surface area contributed by atoms with Crippen LogP contribution in [0.15, 0.2) is 64.1 Å². The SMILES string of the molecule is O=C(NCCn1ccn2nc(-c3ccco3)cc12)c1ccco1. The molecule has 7 heteroatoms. The van der Waals surface area contributed by atoms with E-state index in [1.165, 1.54) is 6.26 Å². The van der Waals surface area contributed by atoms with Crippen LogP contribution >= 0.6 is 0 Å². The van der Waals surface area contributed by atoms with Crippen LogP contribution < -0.4 is 5.32 Å². The van der Waals surface area contributed by atoms with Crippen LogP contribution in [0.25, 0.3) is 17.1 Å². The number of nitrogens with one attached hydrogen (secondary N) is 1. The van der Waals surface area contributed by atoms with Crippen molar-refractivity contribution in [2.75, 3.05) is 6.54 Å². The Morgan fingerprint density at radius 3 is 2.83 bits per heavy atom. The highest BCUT2D eigenvalue weighted by Crippen LogP contribution is 2.20. The van der Waals surface area contributed by atoms with Crippen molar-refractivity contribution in [3.05, 3.63) is 61.0 Å². The zero-order valence-corrected chi connectivity index (χ0v) is 12.2. The molecule has 4 rings (SSSR count). The number of aromatic nitrogens is 3. The second-order valence-electron chi connectivity index (χ2n) is 5.03. The van der Waals surface area contributed by atoms with Crippen LogP contribution in [0.5, 0.6) is 0 Å². The summed E-state index contributed by atoms with van der Waals surface area (Å²) in [6.45, 7) is 1.12. The molecule has 0 fully saturated rings. The van der Waals surface area contributed by atoms with Gasteiger partial charge in [0.2, 0.25) is 0 Å². The Morgan fingerprint density at radius 1 is 1.17 bits per heavy atom. The number of hydrogen-bond donors (Lipinski definition) is 1. The van der Waals surface area contributed by atoms with Gasteiger partial charge in [-0.2, -0.15) is 5.10 Å². The van der Waals surface area contributed by atoms with E-state index in [1.54, 1.807) is 22.9 Å². The van der Waals surface area contributed by atoms with Crippen LogP contribution in [-0.4, -0.2) is 26.6 Å². The van der Waals surface area contributed by atoms with Gasteiger partial charge >= 0.3 is 0 Å². The topological polar surface area (TPSA) is 77.6 Å². The number of imidazole rings is 1. The molecule has 0 radical (unpaired) electrons. The minimum Gasteiger partial charge on any atom is -0.463 e. The molecule has 0 saturated heterocycles. The summed E-state index contributed by atoms with van der Waals surface area (Å²) in [4.78, 5) is 11.8. The first kappa shape index (κ1) is 13.4. The molecule has 7 nitrogen and oxygen atoms in total. The van der Waals surface area contributed by atoms with E-state index in [9.17, 15) is 4.79 Å². The van der Waals surface area contributed by atoms with E-state index >= 15 is 0 Å². The average molecular weight is 310 g/mol. The van der Waals surface area contributed by atoms with Gasteiger partial charge in [-0.05, 0) is 24.3 Å². The van der Waals surface area contributed by atoms with Crippen LogP contribution in [0.2, 0.25) is 0 Å². The Labute approximate surface area is 131 Å². The lowest BCUT2D eigenvalue weighted by Crippen LogP contribution is -2.26. The fraction of sp³-hybridized carbons (Fsp3) is 0.125. The number of carbonyl (C=O) groups excluding carboxylic acids is 1. The van der Waals surface area contributed by atoms with Crippen LogP contribution in [0, 0.1) is 0 Å². The van der Waals surface area contributed by atoms with E-state index in [0.29, 0.717) is 18.8 Å². The maximum absolute atomic E-state index is 11.8. The Kier molecular flexibility index (Phi) is 3.23. The fourth-order valence-electron chi connectivity index (χ4n) is 2.45. The highest BCUT2D eigenvalue weighted by Gasteiger charge is 2.11. The first-order valence-electron chi connectivity index (χ1n) is 7.21. The molecule has 4 aromatic rings. The van der Waals surface area contributed by atoms with Crippen molar-refractivity contribution in [2.45, 2.75) is 6.54 Å². The normalized spacial score (nSPS) is 11.1. The van der Waals surface area contributed by atoms with Crippen LogP contribution in [0.4, 0.5) is 0 Å². The minimum absolute atomic E-state index is 0.219. The third-order valence-electron chi connectivity index (χ3n) is 3.55. The molecule has 0 spiro atoms. The molecule has 0 atom stereocenters. The number of hydrogen-bond acceptors (Lipinski definition) is 4. The van der Waals surface area contributed by atoms with E-state index in [2.05, 4.69) is 10.4 Å². The summed E-state index contributed by atoms with van der Waals surface area (Å²) in [6.07, 6.45) is 6.90. The number of amides is 1. The monoisotopic (exact) mass is 310 g/mol. The quantitative estimate of drug-likeness (QED) is 0.614. The molecule has 0 unspecified atom stereocenters. The number of rotatable bonds is 5. The molecular weight excluding hydrogens is 296 g/mol. The minimum atomic E-state index is -0.219. The molecule has 0 aliphatic rings. The Hall–Kier alpha value is -3.22. The summed E-state index contributed by atoms with van der Waals surface area (Å²) < 4.78 is 14.2. The maximum Gasteiger partial charge on any atom is 0.287 e. The Balaban J connectivity index is 1.46. The summed E-state index contributed by atoms with van der Waals surface area (Å²) in [5.74, 6) is 0.821. The molecule has 0 aliphatic heterocycles. The molecule has 0 aliphatic carbocycles. The van der Waals surface area contributed by atoms with Crippen molar-refractivity contribution >= 4 is 11.6 Å². The van der Waals surface area contributed by atoms with Crippen molar-refractivity contribution in [3.8, 4) is 11.5 Å². The third-order valence-corrected chi connectivity index (χ3v) is 3.55. The van der Waals surface area contributed by atoms with Gasteiger partial charge in [0, 0.05) is 31.5 Å². The summed E-state index contributed by atoms with van der Waals surface area (Å²) in [6, 6.07) is 8.98. The van der Waals surface area contributed by atoms with Crippen molar-refractivity contribution < 1.29 is 13.6 Å². The zero-order chi connectivity index (χ0) is 15.6. The van der Waals surface area contributed by atoms with Gasteiger partial charge in [-0.15, -0.1) is 0 Å². The molecule has 0 bridgehead atoms. The predicted octanol–water partition coefficient (Wildman–Crippen LogP) is 2.42. The first-order chi connectivity index (χ1) is 11.3. The van der Waals surface area contributed by atoms with E-state index in [4.69, 9.17) is 8.83 Å². The highest BCUT2D eigenvalue weighted by molar-refractivity contribution is 5.91. The second-order valence-corrected chi connectivity index (χ2v) is 5.03. The average Bonchev–Trinajstić information content (AvgIpc) is 3.32. The molecule has 4 aromatic heterocycles. The van der Waals surface area contributed by atoms with E-state index in [0.717, 1.165) is 17.1 Å². The Bertz CT molecular complexity index is 916.